The predicted molar refractivity (Wildman–Crippen MR) is 89.8 cm³/mol. The van der Waals surface area contributed by atoms with Crippen LogP contribution in [0.3, 0.4) is 0 Å². The Morgan fingerprint density at radius 3 is 2.59 bits per heavy atom. The van der Waals surface area contributed by atoms with Crippen LogP contribution in [-0.4, -0.2) is 36.9 Å². The Labute approximate surface area is 133 Å². The Kier molecular flexibility index (Phi) is 5.28. The molecule has 0 saturated carbocycles. The second kappa shape index (κ2) is 7.59. The lowest BCUT2D eigenvalue weighted by molar-refractivity contribution is -0.115. The average molecular weight is 298 g/mol. The number of hydrogen-bond acceptors (Lipinski definition) is 3. The Bertz CT molecular complexity index is 517. The van der Waals surface area contributed by atoms with E-state index in [9.17, 15) is 4.79 Å². The molecule has 1 aliphatic heterocycles. The molecule has 3 nitrogen and oxygen atoms in total. The van der Waals surface area contributed by atoms with Crippen LogP contribution < -0.4 is 5.32 Å². The van der Waals surface area contributed by atoms with Gasteiger partial charge in [0.05, 0.1) is 0 Å². The Hall–Kier alpha value is -1.61. The van der Waals surface area contributed by atoms with Gasteiger partial charge in [0, 0.05) is 31.3 Å². The summed E-state index contributed by atoms with van der Waals surface area (Å²) >= 11 is 0. The number of ketones is 1. The number of piperidine rings is 1. The van der Waals surface area contributed by atoms with Gasteiger partial charge in [0.1, 0.15) is 0 Å². The van der Waals surface area contributed by atoms with Crippen molar-refractivity contribution >= 4 is 5.78 Å². The third-order valence-corrected chi connectivity index (χ3v) is 4.75. The van der Waals surface area contributed by atoms with Crippen LogP contribution in [0.1, 0.15) is 43.6 Å². The van der Waals surface area contributed by atoms with E-state index in [1.807, 2.05) is 12.1 Å². The van der Waals surface area contributed by atoms with E-state index in [2.05, 4.69) is 34.5 Å². The first-order valence-corrected chi connectivity index (χ1v) is 8.56. The maximum atomic E-state index is 12.0. The fourth-order valence-corrected chi connectivity index (χ4v) is 3.53. The summed E-state index contributed by atoms with van der Waals surface area (Å²) in [4.78, 5) is 14.5. The van der Waals surface area contributed by atoms with Crippen molar-refractivity contribution in [3.05, 3.63) is 47.7 Å². The summed E-state index contributed by atoms with van der Waals surface area (Å²) in [6, 6.07) is 10.4. The summed E-state index contributed by atoms with van der Waals surface area (Å²) in [5.74, 6) is 0.580. The zero-order chi connectivity index (χ0) is 15.2. The van der Waals surface area contributed by atoms with Gasteiger partial charge in [-0.25, -0.2) is 0 Å². The number of benzene rings is 1. The van der Waals surface area contributed by atoms with Gasteiger partial charge < -0.3 is 10.2 Å². The van der Waals surface area contributed by atoms with Crippen LogP contribution in [0, 0.1) is 0 Å². The van der Waals surface area contributed by atoms with Gasteiger partial charge in [-0.15, -0.1) is 0 Å². The number of likely N-dealkylation sites (tertiary alicyclic amines) is 1. The molecule has 1 aromatic carbocycles. The van der Waals surface area contributed by atoms with Crippen LogP contribution in [0.5, 0.6) is 0 Å². The van der Waals surface area contributed by atoms with E-state index in [1.165, 1.54) is 37.9 Å². The summed E-state index contributed by atoms with van der Waals surface area (Å²) in [6.45, 7) is 4.49. The van der Waals surface area contributed by atoms with Gasteiger partial charge in [0.15, 0.2) is 5.78 Å². The molecule has 0 radical (unpaired) electrons. The van der Waals surface area contributed by atoms with Gasteiger partial charge in [-0.05, 0) is 43.8 Å². The number of nitrogens with zero attached hydrogens (tertiary/aromatic N) is 1. The number of hydrogen-bond donors (Lipinski definition) is 1. The van der Waals surface area contributed by atoms with E-state index in [-0.39, 0.29) is 5.78 Å². The maximum absolute atomic E-state index is 12.0. The molecule has 3 heteroatoms. The first-order valence-electron chi connectivity index (χ1n) is 8.56. The third-order valence-electron chi connectivity index (χ3n) is 4.75. The van der Waals surface area contributed by atoms with Crippen molar-refractivity contribution in [3.8, 4) is 0 Å². The quantitative estimate of drug-likeness (QED) is 0.906. The van der Waals surface area contributed by atoms with Crippen molar-refractivity contribution in [1.82, 2.24) is 10.2 Å². The van der Waals surface area contributed by atoms with E-state index in [0.717, 1.165) is 25.2 Å². The third kappa shape index (κ3) is 4.20. The van der Waals surface area contributed by atoms with Gasteiger partial charge in [-0.2, -0.15) is 0 Å². The molecule has 22 heavy (non-hydrogen) atoms. The van der Waals surface area contributed by atoms with E-state index in [0.29, 0.717) is 12.3 Å². The van der Waals surface area contributed by atoms with Gasteiger partial charge in [0.2, 0.25) is 0 Å². The zero-order valence-corrected chi connectivity index (χ0v) is 13.3. The van der Waals surface area contributed by atoms with Crippen LogP contribution in [-0.2, 0) is 4.79 Å². The van der Waals surface area contributed by atoms with Crippen molar-refractivity contribution < 1.29 is 4.79 Å². The van der Waals surface area contributed by atoms with E-state index >= 15 is 0 Å². The second-order valence-corrected chi connectivity index (χ2v) is 6.48. The first kappa shape index (κ1) is 15.3. The highest BCUT2D eigenvalue weighted by molar-refractivity contribution is 5.91. The molecule has 1 saturated heterocycles. The molecule has 1 aliphatic carbocycles. The van der Waals surface area contributed by atoms with Gasteiger partial charge >= 0.3 is 0 Å². The van der Waals surface area contributed by atoms with Gasteiger partial charge in [-0.3, -0.25) is 4.79 Å². The molecule has 1 N–H and O–H groups in total. The SMILES string of the molecule is O=C1C=C(NCCN2CCCCC2)CC(c2ccccc2)C1. The average Bonchev–Trinajstić information content (AvgIpc) is 2.56. The molecule has 2 aliphatic rings. The van der Waals surface area contributed by atoms with Crippen LogP contribution in [0.4, 0.5) is 0 Å². The Morgan fingerprint density at radius 2 is 1.82 bits per heavy atom. The molecule has 0 amide bonds. The Balaban J connectivity index is 1.51. The Morgan fingerprint density at radius 1 is 1.05 bits per heavy atom. The first-order chi connectivity index (χ1) is 10.8. The summed E-state index contributed by atoms with van der Waals surface area (Å²) in [6.07, 6.45) is 7.45. The lowest BCUT2D eigenvalue weighted by atomic mass is 9.85. The highest BCUT2D eigenvalue weighted by Gasteiger charge is 2.22. The summed E-state index contributed by atoms with van der Waals surface area (Å²) in [5.41, 5.74) is 2.39. The van der Waals surface area contributed by atoms with Crippen LogP contribution in [0.25, 0.3) is 0 Å². The maximum Gasteiger partial charge on any atom is 0.158 e. The number of rotatable bonds is 5. The number of allylic oxidation sites excluding steroid dienone is 2. The molecule has 1 heterocycles. The molecule has 1 fully saturated rings. The van der Waals surface area contributed by atoms with Gasteiger partial charge in [0.25, 0.3) is 0 Å². The summed E-state index contributed by atoms with van der Waals surface area (Å²) in [7, 11) is 0. The van der Waals surface area contributed by atoms with Crippen molar-refractivity contribution in [2.75, 3.05) is 26.2 Å². The normalized spacial score (nSPS) is 23.2. The zero-order valence-electron chi connectivity index (χ0n) is 13.3. The van der Waals surface area contributed by atoms with E-state index < -0.39 is 0 Å². The van der Waals surface area contributed by atoms with Crippen LogP contribution >= 0.6 is 0 Å². The van der Waals surface area contributed by atoms with Crippen molar-refractivity contribution in [2.24, 2.45) is 0 Å². The smallest absolute Gasteiger partial charge is 0.158 e. The molecule has 0 bridgehead atoms. The molecule has 1 atom stereocenters. The van der Waals surface area contributed by atoms with Crippen molar-refractivity contribution in [2.45, 2.75) is 38.0 Å². The monoisotopic (exact) mass is 298 g/mol. The van der Waals surface area contributed by atoms with Gasteiger partial charge in [-0.1, -0.05) is 36.8 Å². The lowest BCUT2D eigenvalue weighted by Gasteiger charge is -2.28. The highest BCUT2D eigenvalue weighted by Crippen LogP contribution is 2.30. The second-order valence-electron chi connectivity index (χ2n) is 6.48. The molecule has 3 rings (SSSR count). The van der Waals surface area contributed by atoms with E-state index in [1.54, 1.807) is 0 Å². The number of carbonyl (C=O) groups is 1. The standard InChI is InChI=1S/C19H26N2O/c22-19-14-17(16-7-3-1-4-8-16)13-18(15-19)20-9-12-21-10-5-2-6-11-21/h1,3-4,7-8,15,17,20H,2,5-6,9-14H2. The minimum atomic E-state index is 0.251. The summed E-state index contributed by atoms with van der Waals surface area (Å²) in [5, 5.41) is 3.50. The molecular formula is C19H26N2O. The predicted octanol–water partition coefficient (Wildman–Crippen LogP) is 3.09. The van der Waals surface area contributed by atoms with Crippen molar-refractivity contribution in [3.63, 3.8) is 0 Å². The molecular weight excluding hydrogens is 272 g/mol. The topological polar surface area (TPSA) is 32.3 Å². The largest absolute Gasteiger partial charge is 0.387 e. The van der Waals surface area contributed by atoms with Crippen molar-refractivity contribution in [1.29, 1.82) is 0 Å². The molecule has 1 unspecified atom stereocenters. The number of nitrogens with one attached hydrogen (secondary N) is 1. The fourth-order valence-electron chi connectivity index (χ4n) is 3.53. The minimum Gasteiger partial charge on any atom is -0.387 e. The van der Waals surface area contributed by atoms with Crippen LogP contribution in [0.15, 0.2) is 42.1 Å². The molecule has 1 aromatic rings. The molecule has 0 spiro atoms. The molecule has 118 valence electrons. The fraction of sp³-hybridized carbons (Fsp3) is 0.526. The lowest BCUT2D eigenvalue weighted by Crippen LogP contribution is -2.36. The highest BCUT2D eigenvalue weighted by atomic mass is 16.1. The number of carbonyl (C=O) groups excluding carboxylic acids is 1. The minimum absolute atomic E-state index is 0.251. The summed E-state index contributed by atoms with van der Waals surface area (Å²) < 4.78 is 0. The van der Waals surface area contributed by atoms with E-state index in [4.69, 9.17) is 0 Å². The van der Waals surface area contributed by atoms with Crippen LogP contribution in [0.2, 0.25) is 0 Å². The molecule has 0 aromatic heterocycles.